The fourth-order valence-electron chi connectivity index (χ4n) is 3.54. The SMILES string of the molecule is CC[C@H](C)NC(=O)[C@H](CC)N(Cc1ccc(OC)cc1)C(=O)CN(c1ccccc1Cl)S(C)(=O)=O. The first-order valence-electron chi connectivity index (χ1n) is 11.5. The second kappa shape index (κ2) is 12.8. The van der Waals surface area contributed by atoms with Crippen molar-refractivity contribution < 1.29 is 22.7 Å². The molecule has 0 aliphatic rings. The lowest BCUT2D eigenvalue weighted by Crippen LogP contribution is -2.53. The van der Waals surface area contributed by atoms with E-state index in [2.05, 4.69) is 5.32 Å². The van der Waals surface area contributed by atoms with Crippen LogP contribution in [0.5, 0.6) is 5.75 Å². The summed E-state index contributed by atoms with van der Waals surface area (Å²) in [7, 11) is -2.28. The lowest BCUT2D eigenvalue weighted by molar-refractivity contribution is -0.140. The van der Waals surface area contributed by atoms with Crippen LogP contribution in [0.3, 0.4) is 0 Å². The molecule has 2 amide bonds. The molecule has 10 heteroatoms. The summed E-state index contributed by atoms with van der Waals surface area (Å²) in [6.45, 7) is 5.29. The molecule has 0 heterocycles. The Hall–Kier alpha value is -2.78. The highest BCUT2D eigenvalue weighted by Crippen LogP contribution is 2.27. The number of sulfonamides is 1. The van der Waals surface area contributed by atoms with Gasteiger partial charge < -0.3 is 15.0 Å². The van der Waals surface area contributed by atoms with E-state index in [0.29, 0.717) is 12.2 Å². The predicted octanol–water partition coefficient (Wildman–Crippen LogP) is 3.84. The van der Waals surface area contributed by atoms with Crippen molar-refractivity contribution >= 4 is 39.1 Å². The van der Waals surface area contributed by atoms with Gasteiger partial charge in [-0.1, -0.05) is 49.7 Å². The van der Waals surface area contributed by atoms with Crippen LogP contribution in [0.15, 0.2) is 48.5 Å². The molecule has 0 radical (unpaired) electrons. The van der Waals surface area contributed by atoms with E-state index in [1.165, 1.54) is 11.0 Å². The van der Waals surface area contributed by atoms with Gasteiger partial charge in [-0.05, 0) is 49.6 Å². The molecule has 2 atom stereocenters. The summed E-state index contributed by atoms with van der Waals surface area (Å²) in [4.78, 5) is 28.2. The number of para-hydroxylation sites is 1. The first-order valence-corrected chi connectivity index (χ1v) is 13.7. The van der Waals surface area contributed by atoms with E-state index in [-0.39, 0.29) is 29.2 Å². The Labute approximate surface area is 213 Å². The lowest BCUT2D eigenvalue weighted by Gasteiger charge is -2.33. The molecule has 0 spiro atoms. The molecule has 0 fully saturated rings. The molecular formula is C25H34ClN3O5S. The van der Waals surface area contributed by atoms with E-state index in [0.717, 1.165) is 22.5 Å². The molecule has 0 bridgehead atoms. The molecule has 0 unspecified atom stereocenters. The fraction of sp³-hybridized carbons (Fsp3) is 0.440. The number of ether oxygens (including phenoxy) is 1. The molecule has 35 heavy (non-hydrogen) atoms. The van der Waals surface area contributed by atoms with E-state index in [4.69, 9.17) is 16.3 Å². The van der Waals surface area contributed by atoms with Gasteiger partial charge in [-0.15, -0.1) is 0 Å². The standard InChI is InChI=1S/C25H34ClN3O5S/c1-6-18(3)27-25(31)22(7-2)28(16-19-12-14-20(34-4)15-13-19)24(30)17-29(35(5,32)33)23-11-9-8-10-21(23)26/h8-15,18,22H,6-7,16-17H2,1-5H3,(H,27,31)/t18-,22-/m0/s1. The number of anilines is 1. The first-order chi connectivity index (χ1) is 16.5. The molecule has 2 aromatic rings. The Morgan fingerprint density at radius 2 is 1.69 bits per heavy atom. The van der Waals surface area contributed by atoms with Gasteiger partial charge in [0.1, 0.15) is 18.3 Å². The molecule has 0 saturated heterocycles. The number of carbonyl (C=O) groups excluding carboxylic acids is 2. The monoisotopic (exact) mass is 523 g/mol. The summed E-state index contributed by atoms with van der Waals surface area (Å²) in [5.74, 6) is -0.139. The number of methoxy groups -OCH3 is 1. The van der Waals surface area contributed by atoms with Crippen LogP contribution < -0.4 is 14.4 Å². The van der Waals surface area contributed by atoms with Gasteiger partial charge in [-0.2, -0.15) is 0 Å². The molecule has 0 aromatic heterocycles. The van der Waals surface area contributed by atoms with E-state index >= 15 is 0 Å². The number of halogens is 1. The third-order valence-corrected chi connectivity index (χ3v) is 7.15. The molecule has 0 aliphatic carbocycles. The van der Waals surface area contributed by atoms with E-state index in [9.17, 15) is 18.0 Å². The second-order valence-corrected chi connectivity index (χ2v) is 10.6. The minimum atomic E-state index is -3.84. The van der Waals surface area contributed by atoms with E-state index in [1.807, 2.05) is 20.8 Å². The molecule has 8 nitrogen and oxygen atoms in total. The largest absolute Gasteiger partial charge is 0.497 e. The quantitative estimate of drug-likeness (QED) is 0.456. The second-order valence-electron chi connectivity index (χ2n) is 8.33. The van der Waals surface area contributed by atoms with Crippen LogP contribution in [0.1, 0.15) is 39.2 Å². The van der Waals surface area contributed by atoms with E-state index in [1.54, 1.807) is 49.6 Å². The Bertz CT molecular complexity index is 1110. The molecule has 2 aromatic carbocycles. The average molecular weight is 524 g/mol. The summed E-state index contributed by atoms with van der Waals surface area (Å²) in [6.07, 6.45) is 2.11. The van der Waals surface area contributed by atoms with Gasteiger partial charge >= 0.3 is 0 Å². The number of hydrogen-bond acceptors (Lipinski definition) is 5. The first kappa shape index (κ1) is 28.5. The smallest absolute Gasteiger partial charge is 0.244 e. The van der Waals surface area contributed by atoms with Crippen LogP contribution in [-0.4, -0.2) is 57.1 Å². The minimum Gasteiger partial charge on any atom is -0.497 e. The van der Waals surface area contributed by atoms with Gasteiger partial charge in [0, 0.05) is 12.6 Å². The minimum absolute atomic E-state index is 0.0647. The maximum atomic E-state index is 13.6. The maximum Gasteiger partial charge on any atom is 0.244 e. The molecule has 0 saturated carbocycles. The van der Waals surface area contributed by atoms with Crippen molar-refractivity contribution in [1.82, 2.24) is 10.2 Å². The summed E-state index contributed by atoms with van der Waals surface area (Å²) in [6, 6.07) is 12.7. The van der Waals surface area contributed by atoms with Gasteiger partial charge in [0.05, 0.1) is 24.1 Å². The summed E-state index contributed by atoms with van der Waals surface area (Å²) in [5, 5.41) is 3.14. The van der Waals surface area contributed by atoms with Crippen molar-refractivity contribution in [1.29, 1.82) is 0 Å². The number of benzene rings is 2. The van der Waals surface area contributed by atoms with Gasteiger partial charge in [0.15, 0.2) is 0 Å². The van der Waals surface area contributed by atoms with E-state index < -0.39 is 28.5 Å². The lowest BCUT2D eigenvalue weighted by atomic mass is 10.1. The normalized spacial score (nSPS) is 13.0. The van der Waals surface area contributed by atoms with Crippen molar-refractivity contribution in [3.05, 3.63) is 59.1 Å². The van der Waals surface area contributed by atoms with Gasteiger partial charge in [0.2, 0.25) is 21.8 Å². The fourth-order valence-corrected chi connectivity index (χ4v) is 4.69. The summed E-state index contributed by atoms with van der Waals surface area (Å²) < 4.78 is 31.4. The number of carbonyl (C=O) groups is 2. The summed E-state index contributed by atoms with van der Waals surface area (Å²) in [5.41, 5.74) is 0.976. The Kier molecular flexibility index (Phi) is 10.4. The summed E-state index contributed by atoms with van der Waals surface area (Å²) >= 11 is 6.25. The Morgan fingerprint density at radius 3 is 2.20 bits per heavy atom. The highest BCUT2D eigenvalue weighted by atomic mass is 35.5. The highest BCUT2D eigenvalue weighted by molar-refractivity contribution is 7.92. The zero-order chi connectivity index (χ0) is 26.2. The van der Waals surface area contributed by atoms with Gasteiger partial charge in [-0.3, -0.25) is 13.9 Å². The number of nitrogens with one attached hydrogen (secondary N) is 1. The average Bonchev–Trinajstić information content (AvgIpc) is 2.82. The zero-order valence-corrected chi connectivity index (χ0v) is 22.4. The molecular weight excluding hydrogens is 490 g/mol. The predicted molar refractivity (Wildman–Crippen MR) is 139 cm³/mol. The van der Waals surface area contributed by atoms with Crippen LogP contribution >= 0.6 is 11.6 Å². The Balaban J connectivity index is 2.44. The topological polar surface area (TPSA) is 96.0 Å². The van der Waals surface area contributed by atoms with Crippen molar-refractivity contribution in [2.45, 2.75) is 52.2 Å². The molecule has 192 valence electrons. The van der Waals surface area contributed by atoms with Crippen molar-refractivity contribution in [2.75, 3.05) is 24.2 Å². The number of nitrogens with zero attached hydrogens (tertiary/aromatic N) is 2. The van der Waals surface area contributed by atoms with Gasteiger partial charge in [0.25, 0.3) is 0 Å². The Morgan fingerprint density at radius 1 is 1.06 bits per heavy atom. The van der Waals surface area contributed by atoms with Crippen LogP contribution in [-0.2, 0) is 26.2 Å². The van der Waals surface area contributed by atoms with Crippen LogP contribution in [0.2, 0.25) is 5.02 Å². The van der Waals surface area contributed by atoms with Crippen molar-refractivity contribution in [2.24, 2.45) is 0 Å². The third-order valence-electron chi connectivity index (χ3n) is 5.70. The molecule has 1 N–H and O–H groups in total. The van der Waals surface area contributed by atoms with Crippen molar-refractivity contribution in [3.8, 4) is 5.75 Å². The number of rotatable bonds is 12. The van der Waals surface area contributed by atoms with Gasteiger partial charge in [-0.25, -0.2) is 8.42 Å². The highest BCUT2D eigenvalue weighted by Gasteiger charge is 2.32. The number of hydrogen-bond donors (Lipinski definition) is 1. The number of amides is 2. The third kappa shape index (κ3) is 7.86. The maximum absolute atomic E-state index is 13.6. The van der Waals surface area contributed by atoms with Crippen LogP contribution in [0.4, 0.5) is 5.69 Å². The van der Waals surface area contributed by atoms with Crippen molar-refractivity contribution in [3.63, 3.8) is 0 Å². The van der Waals surface area contributed by atoms with Crippen LogP contribution in [0.25, 0.3) is 0 Å². The zero-order valence-electron chi connectivity index (χ0n) is 20.8. The van der Waals surface area contributed by atoms with Crippen LogP contribution in [0, 0.1) is 0 Å². The molecule has 2 rings (SSSR count). The molecule has 0 aliphatic heterocycles.